The number of hydrogen-bond donors (Lipinski definition) is 1. The highest BCUT2D eigenvalue weighted by Gasteiger charge is 2.03. The topological polar surface area (TPSA) is 26.0 Å². The number of alkyl halides is 1. The van der Waals surface area contributed by atoms with E-state index in [9.17, 15) is 4.39 Å². The third kappa shape index (κ3) is 2.80. The van der Waals surface area contributed by atoms with Crippen LogP contribution in [0.1, 0.15) is 12.0 Å². The first kappa shape index (κ1) is 11.2. The third-order valence-electron chi connectivity index (χ3n) is 1.53. The Bertz CT molecular complexity index is 393. The van der Waals surface area contributed by atoms with Crippen molar-refractivity contribution < 1.29 is 4.39 Å². The van der Waals surface area contributed by atoms with Gasteiger partial charge in [-0.3, -0.25) is 0 Å². The van der Waals surface area contributed by atoms with Crippen molar-refractivity contribution in [3.63, 3.8) is 0 Å². The maximum atomic E-state index is 13.0. The molecule has 1 nitrogen and oxygen atoms in total. The second-order valence-electron chi connectivity index (χ2n) is 2.59. The molecule has 0 radical (unpaired) electrons. The molecule has 1 aromatic rings. The quantitative estimate of drug-likeness (QED) is 0.449. The van der Waals surface area contributed by atoms with Crippen molar-refractivity contribution in [2.45, 2.75) is 6.42 Å². The standard InChI is InChI=1S/C10H8Cl2FN/c11-4-2-1-3-7-5-9(13)10(14)6-8(7)12/h5-6H,2,4,14H2. The van der Waals surface area contributed by atoms with E-state index in [1.54, 1.807) is 0 Å². The van der Waals surface area contributed by atoms with Crippen molar-refractivity contribution in [2.24, 2.45) is 0 Å². The van der Waals surface area contributed by atoms with Gasteiger partial charge in [0.25, 0.3) is 0 Å². The van der Waals surface area contributed by atoms with Crippen molar-refractivity contribution in [3.05, 3.63) is 28.5 Å². The fourth-order valence-corrected chi connectivity index (χ4v) is 1.18. The number of halogens is 3. The van der Waals surface area contributed by atoms with E-state index in [-0.39, 0.29) is 5.69 Å². The molecule has 0 fully saturated rings. The first-order chi connectivity index (χ1) is 6.65. The zero-order valence-electron chi connectivity index (χ0n) is 7.28. The van der Waals surface area contributed by atoms with Crippen LogP contribution in [0.25, 0.3) is 0 Å². The number of hydrogen-bond acceptors (Lipinski definition) is 1. The average Bonchev–Trinajstić information content (AvgIpc) is 2.14. The predicted molar refractivity (Wildman–Crippen MR) is 58.0 cm³/mol. The molecule has 0 aromatic heterocycles. The highest BCUT2D eigenvalue weighted by Crippen LogP contribution is 2.21. The van der Waals surface area contributed by atoms with Crippen LogP contribution in [0, 0.1) is 17.7 Å². The molecule has 0 bridgehead atoms. The molecule has 2 N–H and O–H groups in total. The molecular weight excluding hydrogens is 224 g/mol. The molecular formula is C10H8Cl2FN. The van der Waals surface area contributed by atoms with E-state index in [2.05, 4.69) is 11.8 Å². The van der Waals surface area contributed by atoms with Crippen molar-refractivity contribution in [1.29, 1.82) is 0 Å². The summed E-state index contributed by atoms with van der Waals surface area (Å²) < 4.78 is 13.0. The zero-order valence-corrected chi connectivity index (χ0v) is 8.79. The molecule has 0 aliphatic heterocycles. The molecule has 0 aliphatic carbocycles. The molecule has 0 saturated heterocycles. The summed E-state index contributed by atoms with van der Waals surface area (Å²) in [6.45, 7) is 0. The lowest BCUT2D eigenvalue weighted by Crippen LogP contribution is -1.91. The molecule has 1 rings (SSSR count). The largest absolute Gasteiger partial charge is 0.396 e. The van der Waals surface area contributed by atoms with Gasteiger partial charge in [0.2, 0.25) is 0 Å². The maximum Gasteiger partial charge on any atom is 0.147 e. The van der Waals surface area contributed by atoms with E-state index in [1.165, 1.54) is 12.1 Å². The lowest BCUT2D eigenvalue weighted by Gasteiger charge is -1.99. The molecule has 0 heterocycles. The minimum atomic E-state index is -0.510. The van der Waals surface area contributed by atoms with E-state index in [0.717, 1.165) is 0 Å². The van der Waals surface area contributed by atoms with E-state index in [0.29, 0.717) is 22.9 Å². The van der Waals surface area contributed by atoms with Gasteiger partial charge in [-0.1, -0.05) is 23.4 Å². The summed E-state index contributed by atoms with van der Waals surface area (Å²) in [5, 5.41) is 0.353. The number of benzene rings is 1. The summed E-state index contributed by atoms with van der Waals surface area (Å²) in [5.74, 6) is 5.42. The smallest absolute Gasteiger partial charge is 0.147 e. The van der Waals surface area contributed by atoms with Gasteiger partial charge >= 0.3 is 0 Å². The second-order valence-corrected chi connectivity index (χ2v) is 3.38. The SMILES string of the molecule is Nc1cc(Cl)c(C#CCCCl)cc1F. The Morgan fingerprint density at radius 3 is 2.79 bits per heavy atom. The molecule has 14 heavy (non-hydrogen) atoms. The Morgan fingerprint density at radius 2 is 2.14 bits per heavy atom. The number of nitrogen functional groups attached to an aromatic ring is 1. The van der Waals surface area contributed by atoms with Crippen LogP contribution in [0.2, 0.25) is 5.02 Å². The summed E-state index contributed by atoms with van der Waals surface area (Å²) in [5.41, 5.74) is 5.78. The Hall–Kier alpha value is -0.910. The highest BCUT2D eigenvalue weighted by atomic mass is 35.5. The fraction of sp³-hybridized carbons (Fsp3) is 0.200. The Balaban J connectivity index is 3.00. The normalized spacial score (nSPS) is 9.36. The second kappa shape index (κ2) is 5.09. The summed E-state index contributed by atoms with van der Waals surface area (Å²) in [7, 11) is 0. The van der Waals surface area contributed by atoms with Gasteiger partial charge in [-0.25, -0.2) is 4.39 Å². The van der Waals surface area contributed by atoms with Crippen LogP contribution in [0.4, 0.5) is 10.1 Å². The summed E-state index contributed by atoms with van der Waals surface area (Å²) in [6, 6.07) is 2.57. The van der Waals surface area contributed by atoms with Gasteiger partial charge in [-0.2, -0.15) is 0 Å². The van der Waals surface area contributed by atoms with Crippen LogP contribution in [-0.2, 0) is 0 Å². The van der Waals surface area contributed by atoms with E-state index in [4.69, 9.17) is 28.9 Å². The molecule has 1 aromatic carbocycles. The van der Waals surface area contributed by atoms with E-state index >= 15 is 0 Å². The van der Waals surface area contributed by atoms with Crippen molar-refractivity contribution >= 4 is 28.9 Å². The van der Waals surface area contributed by atoms with Crippen LogP contribution >= 0.6 is 23.2 Å². The Morgan fingerprint density at radius 1 is 1.43 bits per heavy atom. The van der Waals surface area contributed by atoms with E-state index in [1.807, 2.05) is 0 Å². The molecule has 0 amide bonds. The van der Waals surface area contributed by atoms with Crippen molar-refractivity contribution in [1.82, 2.24) is 0 Å². The zero-order chi connectivity index (χ0) is 10.6. The lowest BCUT2D eigenvalue weighted by atomic mass is 10.2. The number of nitrogens with two attached hydrogens (primary N) is 1. The molecule has 0 spiro atoms. The third-order valence-corrected chi connectivity index (χ3v) is 2.03. The number of rotatable bonds is 1. The minimum Gasteiger partial charge on any atom is -0.396 e. The molecule has 0 aliphatic rings. The first-order valence-corrected chi connectivity index (χ1v) is 4.85. The van der Waals surface area contributed by atoms with Crippen LogP contribution in [0.5, 0.6) is 0 Å². The van der Waals surface area contributed by atoms with Gasteiger partial charge in [0.1, 0.15) is 5.82 Å². The number of anilines is 1. The van der Waals surface area contributed by atoms with Crippen molar-refractivity contribution in [3.8, 4) is 11.8 Å². The van der Waals surface area contributed by atoms with Gasteiger partial charge in [-0.15, -0.1) is 11.6 Å². The van der Waals surface area contributed by atoms with E-state index < -0.39 is 5.82 Å². The lowest BCUT2D eigenvalue weighted by molar-refractivity contribution is 0.632. The van der Waals surface area contributed by atoms with Gasteiger partial charge < -0.3 is 5.73 Å². The van der Waals surface area contributed by atoms with Gasteiger partial charge in [0.15, 0.2) is 0 Å². The molecule has 74 valence electrons. The molecule has 0 saturated carbocycles. The summed E-state index contributed by atoms with van der Waals surface area (Å²) in [6.07, 6.45) is 0.546. The fourth-order valence-electron chi connectivity index (χ4n) is 0.863. The van der Waals surface area contributed by atoms with Gasteiger partial charge in [-0.05, 0) is 12.1 Å². The monoisotopic (exact) mass is 231 g/mol. The molecule has 0 unspecified atom stereocenters. The predicted octanol–water partition coefficient (Wildman–Crippen LogP) is 3.04. The van der Waals surface area contributed by atoms with Crippen LogP contribution in [0.15, 0.2) is 12.1 Å². The molecule has 0 atom stereocenters. The average molecular weight is 232 g/mol. The van der Waals surface area contributed by atoms with Crippen LogP contribution in [-0.4, -0.2) is 5.88 Å². The molecule has 4 heteroatoms. The summed E-state index contributed by atoms with van der Waals surface area (Å²) >= 11 is 11.2. The van der Waals surface area contributed by atoms with Crippen LogP contribution < -0.4 is 5.73 Å². The van der Waals surface area contributed by atoms with Gasteiger partial charge in [0, 0.05) is 17.9 Å². The van der Waals surface area contributed by atoms with Crippen molar-refractivity contribution in [2.75, 3.05) is 11.6 Å². The van der Waals surface area contributed by atoms with Gasteiger partial charge in [0.05, 0.1) is 10.7 Å². The Kier molecular flexibility index (Phi) is 4.06. The summed E-state index contributed by atoms with van der Waals surface area (Å²) in [4.78, 5) is 0. The Labute approximate surface area is 92.0 Å². The highest BCUT2D eigenvalue weighted by molar-refractivity contribution is 6.32. The first-order valence-electron chi connectivity index (χ1n) is 3.94. The minimum absolute atomic E-state index is 0.0258. The van der Waals surface area contributed by atoms with Crippen LogP contribution in [0.3, 0.4) is 0 Å². The maximum absolute atomic E-state index is 13.0.